The van der Waals surface area contributed by atoms with E-state index in [2.05, 4.69) is 21.7 Å². The number of amides is 2. The molecule has 1 atom stereocenters. The van der Waals surface area contributed by atoms with E-state index in [9.17, 15) is 9.59 Å². The second-order valence-corrected chi connectivity index (χ2v) is 7.97. The van der Waals surface area contributed by atoms with Crippen molar-refractivity contribution in [2.24, 2.45) is 0 Å². The normalized spacial score (nSPS) is 16.1. The maximum absolute atomic E-state index is 12.5. The number of aromatic nitrogens is 1. The molecule has 0 aliphatic heterocycles. The predicted octanol–water partition coefficient (Wildman–Crippen LogP) is 4.26. The van der Waals surface area contributed by atoms with E-state index in [0.29, 0.717) is 16.5 Å². The number of carbonyl (C=O) groups excluding carboxylic acids is 2. The van der Waals surface area contributed by atoms with Gasteiger partial charge >= 0.3 is 0 Å². The predicted molar refractivity (Wildman–Crippen MR) is 105 cm³/mol. The van der Waals surface area contributed by atoms with Crippen LogP contribution in [-0.2, 0) is 4.79 Å². The summed E-state index contributed by atoms with van der Waals surface area (Å²) < 4.78 is 0. The van der Waals surface area contributed by atoms with Crippen LogP contribution in [0.5, 0.6) is 0 Å². The van der Waals surface area contributed by atoms with Crippen LogP contribution in [-0.4, -0.2) is 22.8 Å². The van der Waals surface area contributed by atoms with Crippen molar-refractivity contribution >= 4 is 28.8 Å². The van der Waals surface area contributed by atoms with E-state index >= 15 is 0 Å². The molecule has 1 aliphatic carbocycles. The molecule has 0 bridgehead atoms. The molecule has 2 amide bonds. The standard InChI is InChI=1S/C20H25N3O2S/c1-13-16(9-6-12-21-13)23-19(24)14(2)22-20(25)18-11-10-17(26-18)15-7-4-3-5-8-15/h6,9-12,14-15H,3-5,7-8H2,1-2H3,(H,22,25)(H,23,24)/t14-/m0/s1. The zero-order valence-electron chi connectivity index (χ0n) is 15.2. The van der Waals surface area contributed by atoms with Gasteiger partial charge in [0.2, 0.25) is 5.91 Å². The van der Waals surface area contributed by atoms with E-state index < -0.39 is 6.04 Å². The van der Waals surface area contributed by atoms with Crippen molar-refractivity contribution in [3.8, 4) is 0 Å². The highest BCUT2D eigenvalue weighted by Crippen LogP contribution is 2.36. The minimum absolute atomic E-state index is 0.192. The summed E-state index contributed by atoms with van der Waals surface area (Å²) in [7, 11) is 0. The summed E-state index contributed by atoms with van der Waals surface area (Å²) in [5, 5.41) is 5.60. The molecule has 6 heteroatoms. The fourth-order valence-electron chi connectivity index (χ4n) is 3.27. The summed E-state index contributed by atoms with van der Waals surface area (Å²) in [6, 6.07) is 6.89. The number of hydrogen-bond donors (Lipinski definition) is 2. The second-order valence-electron chi connectivity index (χ2n) is 6.86. The Hall–Kier alpha value is -2.21. The fourth-order valence-corrected chi connectivity index (χ4v) is 4.35. The molecule has 26 heavy (non-hydrogen) atoms. The number of aryl methyl sites for hydroxylation is 1. The lowest BCUT2D eigenvalue weighted by atomic mass is 9.88. The SMILES string of the molecule is Cc1ncccc1NC(=O)[C@H](C)NC(=O)c1ccc(C2CCCCC2)s1. The number of nitrogens with one attached hydrogen (secondary N) is 2. The molecule has 1 saturated carbocycles. The Balaban J connectivity index is 1.57. The van der Waals surface area contributed by atoms with Gasteiger partial charge in [0.05, 0.1) is 16.3 Å². The molecule has 1 fully saturated rings. The van der Waals surface area contributed by atoms with Crippen molar-refractivity contribution in [2.75, 3.05) is 5.32 Å². The first kappa shape index (κ1) is 18.6. The topological polar surface area (TPSA) is 71.1 Å². The summed E-state index contributed by atoms with van der Waals surface area (Å²) in [6.07, 6.45) is 7.97. The summed E-state index contributed by atoms with van der Waals surface area (Å²) in [5.41, 5.74) is 1.41. The van der Waals surface area contributed by atoms with Gasteiger partial charge in [-0.15, -0.1) is 11.3 Å². The lowest BCUT2D eigenvalue weighted by Crippen LogP contribution is -2.41. The van der Waals surface area contributed by atoms with E-state index in [-0.39, 0.29) is 11.8 Å². The van der Waals surface area contributed by atoms with E-state index in [1.165, 1.54) is 37.0 Å². The van der Waals surface area contributed by atoms with E-state index in [1.54, 1.807) is 36.6 Å². The molecule has 3 rings (SSSR count). The Kier molecular flexibility index (Phi) is 6.04. The number of carbonyl (C=O) groups is 2. The number of pyridine rings is 1. The molecule has 0 spiro atoms. The largest absolute Gasteiger partial charge is 0.340 e. The van der Waals surface area contributed by atoms with Gasteiger partial charge in [0, 0.05) is 11.1 Å². The number of hydrogen-bond acceptors (Lipinski definition) is 4. The van der Waals surface area contributed by atoms with Crippen LogP contribution in [0, 0.1) is 6.92 Å². The monoisotopic (exact) mass is 371 g/mol. The van der Waals surface area contributed by atoms with Gasteiger partial charge in [0.15, 0.2) is 0 Å². The van der Waals surface area contributed by atoms with Crippen molar-refractivity contribution in [2.45, 2.75) is 57.9 Å². The number of anilines is 1. The Morgan fingerprint density at radius 1 is 1.19 bits per heavy atom. The van der Waals surface area contributed by atoms with Crippen molar-refractivity contribution in [1.82, 2.24) is 10.3 Å². The van der Waals surface area contributed by atoms with Crippen LogP contribution in [0.3, 0.4) is 0 Å². The Labute approximate surface area is 158 Å². The Bertz CT molecular complexity index is 781. The van der Waals surface area contributed by atoms with Gasteiger partial charge in [-0.2, -0.15) is 0 Å². The fraction of sp³-hybridized carbons (Fsp3) is 0.450. The quantitative estimate of drug-likeness (QED) is 0.825. The highest BCUT2D eigenvalue weighted by atomic mass is 32.1. The maximum atomic E-state index is 12.5. The lowest BCUT2D eigenvalue weighted by Gasteiger charge is -2.20. The average molecular weight is 372 g/mol. The molecule has 1 aliphatic rings. The molecule has 2 aromatic heterocycles. The molecule has 2 N–H and O–H groups in total. The van der Waals surface area contributed by atoms with Crippen molar-refractivity contribution in [3.05, 3.63) is 45.9 Å². The van der Waals surface area contributed by atoms with Gasteiger partial charge in [0.1, 0.15) is 6.04 Å². The zero-order chi connectivity index (χ0) is 18.5. The third-order valence-corrected chi connectivity index (χ3v) is 6.11. The van der Waals surface area contributed by atoms with Gasteiger partial charge in [-0.05, 0) is 56.9 Å². The lowest BCUT2D eigenvalue weighted by molar-refractivity contribution is -0.117. The minimum Gasteiger partial charge on any atom is -0.340 e. The number of rotatable bonds is 5. The Morgan fingerprint density at radius 2 is 1.96 bits per heavy atom. The van der Waals surface area contributed by atoms with Crippen LogP contribution in [0.15, 0.2) is 30.5 Å². The number of thiophene rings is 1. The van der Waals surface area contributed by atoms with Gasteiger partial charge in [0.25, 0.3) is 5.91 Å². The minimum atomic E-state index is -0.623. The highest BCUT2D eigenvalue weighted by Gasteiger charge is 2.21. The molecule has 0 unspecified atom stereocenters. The molecule has 5 nitrogen and oxygen atoms in total. The summed E-state index contributed by atoms with van der Waals surface area (Å²) in [5.74, 6) is 0.144. The first-order chi connectivity index (χ1) is 12.5. The number of nitrogens with zero attached hydrogens (tertiary/aromatic N) is 1. The van der Waals surface area contributed by atoms with Gasteiger partial charge in [-0.1, -0.05) is 19.3 Å². The van der Waals surface area contributed by atoms with Crippen LogP contribution in [0.1, 0.15) is 65.2 Å². The van der Waals surface area contributed by atoms with Crippen LogP contribution in [0.2, 0.25) is 0 Å². The van der Waals surface area contributed by atoms with Crippen LogP contribution < -0.4 is 10.6 Å². The van der Waals surface area contributed by atoms with E-state index in [1.807, 2.05) is 13.0 Å². The zero-order valence-corrected chi connectivity index (χ0v) is 16.1. The second kappa shape index (κ2) is 8.45. The van der Waals surface area contributed by atoms with Crippen molar-refractivity contribution < 1.29 is 9.59 Å². The third-order valence-electron chi connectivity index (χ3n) is 4.86. The molecule has 138 valence electrons. The molecule has 0 radical (unpaired) electrons. The first-order valence-corrected chi connectivity index (χ1v) is 9.99. The average Bonchev–Trinajstić information content (AvgIpc) is 3.14. The van der Waals surface area contributed by atoms with Crippen LogP contribution in [0.4, 0.5) is 5.69 Å². The third kappa shape index (κ3) is 4.49. The summed E-state index contributed by atoms with van der Waals surface area (Å²) >= 11 is 1.55. The summed E-state index contributed by atoms with van der Waals surface area (Å²) in [6.45, 7) is 3.52. The molecule has 0 aromatic carbocycles. The van der Waals surface area contributed by atoms with Gasteiger partial charge in [-0.25, -0.2) is 0 Å². The van der Waals surface area contributed by atoms with Gasteiger partial charge in [-0.3, -0.25) is 14.6 Å². The van der Waals surface area contributed by atoms with E-state index in [0.717, 1.165) is 5.69 Å². The van der Waals surface area contributed by atoms with Gasteiger partial charge < -0.3 is 10.6 Å². The Morgan fingerprint density at radius 3 is 2.69 bits per heavy atom. The molecular weight excluding hydrogens is 346 g/mol. The van der Waals surface area contributed by atoms with Crippen molar-refractivity contribution in [1.29, 1.82) is 0 Å². The maximum Gasteiger partial charge on any atom is 0.261 e. The molecule has 2 aromatic rings. The van der Waals surface area contributed by atoms with E-state index in [4.69, 9.17) is 0 Å². The highest BCUT2D eigenvalue weighted by molar-refractivity contribution is 7.14. The van der Waals surface area contributed by atoms with Crippen molar-refractivity contribution in [3.63, 3.8) is 0 Å². The first-order valence-electron chi connectivity index (χ1n) is 9.17. The smallest absolute Gasteiger partial charge is 0.261 e. The van der Waals surface area contributed by atoms with Crippen LogP contribution >= 0.6 is 11.3 Å². The van der Waals surface area contributed by atoms with Crippen LogP contribution in [0.25, 0.3) is 0 Å². The molecule has 2 heterocycles. The molecular formula is C20H25N3O2S. The molecule has 0 saturated heterocycles. The summed E-state index contributed by atoms with van der Waals surface area (Å²) in [4.78, 5) is 30.9.